The van der Waals surface area contributed by atoms with E-state index in [1.165, 1.54) is 4.90 Å². The van der Waals surface area contributed by atoms with Crippen molar-refractivity contribution < 1.29 is 14.3 Å². The van der Waals surface area contributed by atoms with Gasteiger partial charge in [-0.25, -0.2) is 0 Å². The predicted molar refractivity (Wildman–Crippen MR) is 81.7 cm³/mol. The van der Waals surface area contributed by atoms with E-state index in [9.17, 15) is 9.59 Å². The standard InChI is InChI=1S/C15H14Cl2N2O3/c16-8-2-1-7(5-9(8)17)18-6-19-14(20)12-10-3-4-11(22-10)13(12)15(19)21/h1-2,5,10-13,18H,3-4,6H2. The van der Waals surface area contributed by atoms with Crippen molar-refractivity contribution in [1.82, 2.24) is 4.90 Å². The average Bonchev–Trinajstić information content (AvgIpc) is 3.16. The van der Waals surface area contributed by atoms with Gasteiger partial charge in [0.05, 0.1) is 40.8 Å². The van der Waals surface area contributed by atoms with Crippen molar-refractivity contribution in [2.24, 2.45) is 11.8 Å². The maximum Gasteiger partial charge on any atom is 0.237 e. The fourth-order valence-corrected chi connectivity index (χ4v) is 4.00. The second-order valence-corrected chi connectivity index (χ2v) is 6.72. The number of nitrogens with zero attached hydrogens (tertiary/aromatic N) is 1. The summed E-state index contributed by atoms with van der Waals surface area (Å²) in [5.41, 5.74) is 0.714. The number of amides is 2. The van der Waals surface area contributed by atoms with Crippen molar-refractivity contribution in [3.05, 3.63) is 28.2 Å². The third kappa shape index (κ3) is 2.03. The van der Waals surface area contributed by atoms with Crippen LogP contribution in [0.1, 0.15) is 12.8 Å². The molecule has 7 heteroatoms. The third-order valence-electron chi connectivity index (χ3n) is 4.74. The number of imide groups is 1. The third-order valence-corrected chi connectivity index (χ3v) is 5.48. The SMILES string of the molecule is O=C1C2C3CCC(O3)C2C(=O)N1CNc1ccc(Cl)c(Cl)c1. The number of nitrogens with one attached hydrogen (secondary N) is 1. The van der Waals surface area contributed by atoms with Gasteiger partial charge in [-0.1, -0.05) is 23.2 Å². The van der Waals surface area contributed by atoms with Gasteiger partial charge in [0, 0.05) is 5.69 Å². The normalized spacial score (nSPS) is 32.7. The molecule has 3 aliphatic heterocycles. The van der Waals surface area contributed by atoms with Gasteiger partial charge in [0.1, 0.15) is 0 Å². The first kappa shape index (κ1) is 14.3. The molecule has 2 bridgehead atoms. The van der Waals surface area contributed by atoms with E-state index in [1.807, 2.05) is 0 Å². The highest BCUT2D eigenvalue weighted by atomic mass is 35.5. The quantitative estimate of drug-likeness (QED) is 0.859. The van der Waals surface area contributed by atoms with Crippen LogP contribution in [-0.4, -0.2) is 35.6 Å². The first-order chi connectivity index (χ1) is 10.6. The molecular weight excluding hydrogens is 327 g/mol. The van der Waals surface area contributed by atoms with Gasteiger partial charge in [-0.15, -0.1) is 0 Å². The van der Waals surface area contributed by atoms with E-state index in [1.54, 1.807) is 18.2 Å². The van der Waals surface area contributed by atoms with Gasteiger partial charge < -0.3 is 10.1 Å². The number of carbonyl (C=O) groups is 2. The number of halogens is 2. The van der Waals surface area contributed by atoms with E-state index in [0.717, 1.165) is 12.8 Å². The van der Waals surface area contributed by atoms with Gasteiger partial charge in [-0.2, -0.15) is 0 Å². The molecule has 5 nitrogen and oxygen atoms in total. The van der Waals surface area contributed by atoms with Crippen molar-refractivity contribution in [3.8, 4) is 0 Å². The lowest BCUT2D eigenvalue weighted by molar-refractivity contribution is -0.142. The fourth-order valence-electron chi connectivity index (χ4n) is 3.71. The van der Waals surface area contributed by atoms with E-state index >= 15 is 0 Å². The van der Waals surface area contributed by atoms with Gasteiger partial charge in [-0.3, -0.25) is 14.5 Å². The number of fused-ring (bicyclic) bond motifs is 5. The second kappa shape index (κ2) is 5.11. The van der Waals surface area contributed by atoms with Crippen LogP contribution in [-0.2, 0) is 14.3 Å². The van der Waals surface area contributed by atoms with Gasteiger partial charge in [0.15, 0.2) is 0 Å². The van der Waals surface area contributed by atoms with Crippen molar-refractivity contribution in [2.75, 3.05) is 12.0 Å². The Morgan fingerprint density at radius 2 is 1.73 bits per heavy atom. The Bertz CT molecular complexity index is 638. The molecule has 1 aromatic carbocycles. The van der Waals surface area contributed by atoms with Crippen LogP contribution in [0.4, 0.5) is 5.69 Å². The Hall–Kier alpha value is -1.30. The van der Waals surface area contributed by atoms with Gasteiger partial charge in [0.25, 0.3) is 0 Å². The molecule has 4 atom stereocenters. The highest BCUT2D eigenvalue weighted by Gasteiger charge is 2.62. The van der Waals surface area contributed by atoms with Crippen LogP contribution < -0.4 is 5.32 Å². The highest BCUT2D eigenvalue weighted by Crippen LogP contribution is 2.48. The van der Waals surface area contributed by atoms with E-state index in [0.29, 0.717) is 15.7 Å². The fraction of sp³-hybridized carbons (Fsp3) is 0.467. The number of ether oxygens (including phenoxy) is 1. The number of likely N-dealkylation sites (tertiary alicyclic amines) is 1. The topological polar surface area (TPSA) is 58.6 Å². The summed E-state index contributed by atoms with van der Waals surface area (Å²) in [6.07, 6.45) is 1.58. The molecule has 0 aliphatic carbocycles. The van der Waals surface area contributed by atoms with Crippen LogP contribution in [0.15, 0.2) is 18.2 Å². The van der Waals surface area contributed by atoms with Gasteiger partial charge >= 0.3 is 0 Å². The monoisotopic (exact) mass is 340 g/mol. The molecule has 1 N–H and O–H groups in total. The number of anilines is 1. The van der Waals surface area contributed by atoms with Crippen LogP contribution >= 0.6 is 23.2 Å². The number of hydrogen-bond donors (Lipinski definition) is 1. The lowest BCUT2D eigenvalue weighted by Gasteiger charge is -2.18. The molecule has 0 radical (unpaired) electrons. The Morgan fingerprint density at radius 3 is 2.32 bits per heavy atom. The van der Waals surface area contributed by atoms with Gasteiger partial charge in [-0.05, 0) is 31.0 Å². The summed E-state index contributed by atoms with van der Waals surface area (Å²) >= 11 is 11.8. The van der Waals surface area contributed by atoms with Crippen LogP contribution in [0, 0.1) is 11.8 Å². The number of rotatable bonds is 3. The minimum atomic E-state index is -0.290. The van der Waals surface area contributed by atoms with Crippen LogP contribution in [0.3, 0.4) is 0 Å². The van der Waals surface area contributed by atoms with Crippen LogP contribution in [0.25, 0.3) is 0 Å². The average molecular weight is 341 g/mol. The zero-order valence-electron chi connectivity index (χ0n) is 11.6. The highest BCUT2D eigenvalue weighted by molar-refractivity contribution is 6.42. The van der Waals surface area contributed by atoms with Crippen molar-refractivity contribution in [3.63, 3.8) is 0 Å². The van der Waals surface area contributed by atoms with E-state index in [-0.39, 0.29) is 42.5 Å². The van der Waals surface area contributed by atoms with E-state index in [2.05, 4.69) is 5.32 Å². The summed E-state index contributed by atoms with van der Waals surface area (Å²) in [5, 5.41) is 3.94. The molecule has 0 spiro atoms. The predicted octanol–water partition coefficient (Wildman–Crippen LogP) is 2.53. The molecule has 2 amide bonds. The van der Waals surface area contributed by atoms with Crippen molar-refractivity contribution >= 4 is 40.7 Å². The molecule has 3 aliphatic rings. The minimum absolute atomic E-state index is 0.0820. The molecule has 22 heavy (non-hydrogen) atoms. The van der Waals surface area contributed by atoms with E-state index < -0.39 is 0 Å². The van der Waals surface area contributed by atoms with Crippen molar-refractivity contribution in [2.45, 2.75) is 25.0 Å². The second-order valence-electron chi connectivity index (χ2n) is 5.91. The zero-order valence-corrected chi connectivity index (χ0v) is 13.1. The summed E-state index contributed by atoms with van der Waals surface area (Å²) in [7, 11) is 0. The first-order valence-electron chi connectivity index (χ1n) is 7.26. The maximum absolute atomic E-state index is 12.5. The first-order valence-corrected chi connectivity index (χ1v) is 8.01. The lowest BCUT2D eigenvalue weighted by Crippen LogP contribution is -2.38. The van der Waals surface area contributed by atoms with Gasteiger partial charge in [0.2, 0.25) is 11.8 Å². The molecule has 3 heterocycles. The number of benzene rings is 1. The molecule has 0 aromatic heterocycles. The minimum Gasteiger partial charge on any atom is -0.373 e. The maximum atomic E-state index is 12.5. The number of hydrogen-bond acceptors (Lipinski definition) is 4. The van der Waals surface area contributed by atoms with Crippen LogP contribution in [0.5, 0.6) is 0 Å². The van der Waals surface area contributed by atoms with Crippen LogP contribution in [0.2, 0.25) is 10.0 Å². The Balaban J connectivity index is 1.48. The lowest BCUT2D eigenvalue weighted by atomic mass is 9.81. The molecule has 3 saturated heterocycles. The summed E-state index contributed by atoms with van der Waals surface area (Å²) in [5.74, 6) is -0.840. The Labute approximate surface area is 137 Å². The molecule has 0 saturated carbocycles. The molecule has 116 valence electrons. The molecule has 4 unspecified atom stereocenters. The molecule has 4 rings (SSSR count). The smallest absolute Gasteiger partial charge is 0.237 e. The summed E-state index contributed by atoms with van der Waals surface area (Å²) in [4.78, 5) is 26.2. The summed E-state index contributed by atoms with van der Waals surface area (Å²) in [6, 6.07) is 5.10. The Kier molecular flexibility index (Phi) is 3.33. The zero-order chi connectivity index (χ0) is 15.4. The van der Waals surface area contributed by atoms with Crippen molar-refractivity contribution in [1.29, 1.82) is 0 Å². The Morgan fingerprint density at radius 1 is 1.09 bits per heavy atom. The summed E-state index contributed by atoms with van der Waals surface area (Å²) in [6.45, 7) is 0.141. The molecular formula is C15H14Cl2N2O3. The number of carbonyl (C=O) groups excluding carboxylic acids is 2. The summed E-state index contributed by atoms with van der Waals surface area (Å²) < 4.78 is 5.70. The molecule has 3 fully saturated rings. The van der Waals surface area contributed by atoms with E-state index in [4.69, 9.17) is 27.9 Å². The largest absolute Gasteiger partial charge is 0.373 e. The molecule has 1 aromatic rings.